The highest BCUT2D eigenvalue weighted by molar-refractivity contribution is 8.93. The summed E-state index contributed by atoms with van der Waals surface area (Å²) in [6.07, 6.45) is 4.19. The number of rotatable bonds is 2. The maximum Gasteiger partial charge on any atom is 0.161 e. The molecule has 4 rings (SSSR count). The molecule has 1 heterocycles. The van der Waals surface area contributed by atoms with Gasteiger partial charge in [0.15, 0.2) is 5.78 Å². The summed E-state index contributed by atoms with van der Waals surface area (Å²) in [7, 11) is 2.07. The lowest BCUT2D eigenvalue weighted by Gasteiger charge is -2.50. The van der Waals surface area contributed by atoms with Crippen molar-refractivity contribution in [2.24, 2.45) is 0 Å². The molecule has 2 aliphatic rings. The van der Waals surface area contributed by atoms with Gasteiger partial charge in [0.25, 0.3) is 0 Å². The normalized spacial score (nSPS) is 26.2. The Morgan fingerprint density at radius 2 is 1.96 bits per heavy atom. The number of hydrogen-bond acceptors (Lipinski definition) is 3. The number of aromatic hydroxyl groups is 1. The Morgan fingerprint density at radius 3 is 2.68 bits per heavy atom. The first-order chi connectivity index (χ1) is 12.9. The van der Waals surface area contributed by atoms with Gasteiger partial charge < -0.3 is 5.11 Å². The lowest BCUT2D eigenvalue weighted by Crippen LogP contribution is -2.53. The molecule has 0 spiro atoms. The molecule has 2 fully saturated rings. The van der Waals surface area contributed by atoms with Crippen molar-refractivity contribution in [1.29, 1.82) is 0 Å². The molecule has 1 aliphatic carbocycles. The van der Waals surface area contributed by atoms with Crippen LogP contribution in [0.4, 0.5) is 0 Å². The number of carbonyl (C=O) groups excluding carboxylic acids is 1. The Balaban J connectivity index is 0.00000225. The monoisotopic (exact) mass is 481 g/mol. The number of hydrogen-bond donors (Lipinski definition) is 1. The van der Waals surface area contributed by atoms with Crippen molar-refractivity contribution in [1.82, 2.24) is 4.90 Å². The Bertz CT molecular complexity index is 946. The number of phenolic OH excluding ortho intramolecular Hbond substituents is 1. The second kappa shape index (κ2) is 8.19. The fourth-order valence-electron chi connectivity index (χ4n) is 4.44. The number of ketones is 1. The van der Waals surface area contributed by atoms with E-state index in [9.17, 15) is 9.90 Å². The number of piperidine rings is 1. The Kier molecular flexibility index (Phi) is 6.26. The van der Waals surface area contributed by atoms with Crippen molar-refractivity contribution >= 4 is 52.0 Å². The van der Waals surface area contributed by atoms with Gasteiger partial charge in [-0.05, 0) is 67.9 Å². The van der Waals surface area contributed by atoms with Gasteiger partial charge in [0.2, 0.25) is 0 Å². The van der Waals surface area contributed by atoms with E-state index in [1.807, 2.05) is 30.3 Å². The molecule has 1 N–H and O–H groups in total. The fraction of sp³-hybridized carbons (Fsp3) is 0.318. The number of Topliss-reactive ketones (excluding diaryl/α,β-unsaturated/α-hetero) is 1. The van der Waals surface area contributed by atoms with Gasteiger partial charge in [-0.2, -0.15) is 0 Å². The van der Waals surface area contributed by atoms with Crippen LogP contribution < -0.4 is 0 Å². The number of benzene rings is 2. The summed E-state index contributed by atoms with van der Waals surface area (Å²) in [5, 5.41) is 10.9. The molecule has 3 nitrogen and oxygen atoms in total. The quantitative estimate of drug-likeness (QED) is 0.561. The Labute approximate surface area is 185 Å². The first-order valence-corrected chi connectivity index (χ1v) is 9.83. The third-order valence-corrected chi connectivity index (χ3v) is 6.70. The molecule has 28 heavy (non-hydrogen) atoms. The molecule has 0 radical (unpaired) electrons. The lowest BCUT2D eigenvalue weighted by molar-refractivity contribution is -0.120. The molecule has 2 bridgehead atoms. The van der Waals surface area contributed by atoms with Crippen LogP contribution in [0.2, 0.25) is 10.0 Å². The van der Waals surface area contributed by atoms with Gasteiger partial charge in [-0.1, -0.05) is 41.4 Å². The highest BCUT2D eigenvalue weighted by Crippen LogP contribution is 2.48. The van der Waals surface area contributed by atoms with Crippen LogP contribution in [0.25, 0.3) is 6.08 Å². The summed E-state index contributed by atoms with van der Waals surface area (Å²) in [6.45, 7) is 0.909. The third kappa shape index (κ3) is 3.88. The first kappa shape index (κ1) is 21.4. The van der Waals surface area contributed by atoms with E-state index in [0.29, 0.717) is 16.5 Å². The average molecular weight is 483 g/mol. The number of fused-ring (bicyclic) bond motifs is 2. The van der Waals surface area contributed by atoms with E-state index >= 15 is 0 Å². The van der Waals surface area contributed by atoms with Gasteiger partial charge >= 0.3 is 0 Å². The van der Waals surface area contributed by atoms with Crippen molar-refractivity contribution in [2.45, 2.75) is 30.7 Å². The maximum absolute atomic E-state index is 13.2. The van der Waals surface area contributed by atoms with E-state index in [4.69, 9.17) is 23.2 Å². The van der Waals surface area contributed by atoms with E-state index in [2.05, 4.69) is 11.9 Å². The molecule has 1 saturated heterocycles. The topological polar surface area (TPSA) is 40.5 Å². The van der Waals surface area contributed by atoms with Crippen LogP contribution in [0.15, 0.2) is 48.0 Å². The number of likely N-dealkylation sites (tertiary alicyclic amines) is 1. The van der Waals surface area contributed by atoms with E-state index in [1.54, 1.807) is 18.2 Å². The summed E-state index contributed by atoms with van der Waals surface area (Å²) >= 11 is 12.1. The number of phenols is 1. The molecule has 6 heteroatoms. The highest BCUT2D eigenvalue weighted by Gasteiger charge is 2.48. The van der Waals surface area contributed by atoms with Gasteiger partial charge in [-0.15, -0.1) is 17.0 Å². The molecule has 2 aromatic carbocycles. The minimum Gasteiger partial charge on any atom is -0.508 e. The molecule has 0 unspecified atom stereocenters. The van der Waals surface area contributed by atoms with Crippen LogP contribution in [0.1, 0.15) is 30.4 Å². The summed E-state index contributed by atoms with van der Waals surface area (Å²) in [5.74, 6) is 0.411. The van der Waals surface area contributed by atoms with Gasteiger partial charge in [-0.25, -0.2) is 0 Å². The van der Waals surface area contributed by atoms with Crippen LogP contribution in [0, 0.1) is 0 Å². The minimum absolute atomic E-state index is 0. The largest absolute Gasteiger partial charge is 0.508 e. The van der Waals surface area contributed by atoms with Gasteiger partial charge in [0, 0.05) is 23.5 Å². The zero-order chi connectivity index (χ0) is 19.2. The average Bonchev–Trinajstić information content (AvgIpc) is 2.64. The summed E-state index contributed by atoms with van der Waals surface area (Å²) in [4.78, 5) is 15.4. The van der Waals surface area contributed by atoms with Crippen molar-refractivity contribution < 1.29 is 9.90 Å². The molecule has 1 saturated carbocycles. The zero-order valence-corrected chi connectivity index (χ0v) is 18.7. The smallest absolute Gasteiger partial charge is 0.161 e. The lowest BCUT2D eigenvalue weighted by atomic mass is 9.61. The van der Waals surface area contributed by atoms with Gasteiger partial charge in [0.1, 0.15) is 5.75 Å². The van der Waals surface area contributed by atoms with Crippen LogP contribution in [0.3, 0.4) is 0 Å². The Morgan fingerprint density at radius 1 is 1.18 bits per heavy atom. The number of likely N-dealkylation sites (N-methyl/N-ethyl adjacent to an activating group) is 1. The van der Waals surface area contributed by atoms with Gasteiger partial charge in [-0.3, -0.25) is 9.69 Å². The highest BCUT2D eigenvalue weighted by atomic mass is 79.9. The molecule has 2 atom stereocenters. The predicted molar refractivity (Wildman–Crippen MR) is 120 cm³/mol. The van der Waals surface area contributed by atoms with Crippen LogP contribution >= 0.6 is 40.2 Å². The van der Waals surface area contributed by atoms with Crippen LogP contribution in [-0.2, 0) is 10.2 Å². The van der Waals surface area contributed by atoms with E-state index < -0.39 is 0 Å². The fourth-order valence-corrected chi connectivity index (χ4v) is 4.74. The zero-order valence-electron chi connectivity index (χ0n) is 15.5. The summed E-state index contributed by atoms with van der Waals surface area (Å²) < 4.78 is 0. The summed E-state index contributed by atoms with van der Waals surface area (Å²) in [5.41, 5.74) is 2.56. The molecule has 2 aromatic rings. The SMILES string of the molecule is Br.CN1CC[C@@]2(c3cccc(O)c3)CC(=O)/C(=C/c3ccc(Cl)c(Cl)c3)[C@@H]1C2. The number of nitrogens with zero attached hydrogens (tertiary/aromatic N) is 1. The second-order valence-electron chi connectivity index (χ2n) is 7.65. The number of halogens is 3. The van der Waals surface area contributed by atoms with E-state index in [1.165, 1.54) is 0 Å². The molecule has 0 amide bonds. The van der Waals surface area contributed by atoms with Crippen molar-refractivity contribution in [3.05, 3.63) is 69.2 Å². The van der Waals surface area contributed by atoms with Crippen molar-refractivity contribution in [3.8, 4) is 5.75 Å². The molecule has 0 aromatic heterocycles. The molecule has 148 valence electrons. The van der Waals surface area contributed by atoms with Crippen molar-refractivity contribution in [2.75, 3.05) is 13.6 Å². The Hall–Kier alpha value is -1.33. The molecular weight excluding hydrogens is 461 g/mol. The minimum atomic E-state index is -0.206. The number of carbonyl (C=O) groups is 1. The molecule has 1 aliphatic heterocycles. The van der Waals surface area contributed by atoms with Crippen molar-refractivity contribution in [3.63, 3.8) is 0 Å². The third-order valence-electron chi connectivity index (χ3n) is 5.96. The standard InChI is InChI=1S/C22H21Cl2NO2.BrH/c1-25-8-7-22(15-3-2-4-16(26)11-15)12-20(25)17(21(27)13-22)9-14-5-6-18(23)19(24)10-14;/h2-6,9-11,20,26H,7-8,12-13H2,1H3;1H/b17-9+;/t20-,22-;/m0./s1. The predicted octanol–water partition coefficient (Wildman–Crippen LogP) is 5.67. The maximum atomic E-state index is 13.2. The second-order valence-corrected chi connectivity index (χ2v) is 8.47. The van der Waals surface area contributed by atoms with Crippen LogP contribution in [-0.4, -0.2) is 35.4 Å². The summed E-state index contributed by atoms with van der Waals surface area (Å²) in [6, 6.07) is 12.9. The first-order valence-electron chi connectivity index (χ1n) is 9.08. The molecular formula is C22H22BrCl2NO2. The van der Waals surface area contributed by atoms with E-state index in [-0.39, 0.29) is 40.0 Å². The van der Waals surface area contributed by atoms with E-state index in [0.717, 1.165) is 36.1 Å². The van der Waals surface area contributed by atoms with Crippen LogP contribution in [0.5, 0.6) is 5.75 Å². The van der Waals surface area contributed by atoms with Gasteiger partial charge in [0.05, 0.1) is 10.0 Å².